The van der Waals surface area contributed by atoms with E-state index in [1.165, 1.54) is 19.1 Å². The number of hydrogen-bond acceptors (Lipinski definition) is 4. The van der Waals surface area contributed by atoms with Gasteiger partial charge in [-0.1, -0.05) is 61.0 Å². The summed E-state index contributed by atoms with van der Waals surface area (Å²) in [5, 5.41) is 5.79. The van der Waals surface area contributed by atoms with Gasteiger partial charge in [-0.05, 0) is 55.6 Å². The largest absolute Gasteiger partial charge is 0.465 e. The van der Waals surface area contributed by atoms with Crippen LogP contribution in [0.3, 0.4) is 0 Å². The number of anilines is 2. The standard InChI is InChI=1S/C28H31N3O3/c1-34-27(32)24-16-10-17-26(30-28(33)29-22-13-6-3-7-14-22)25(24)20-31-18-9-8-15-23(31)19-21-11-4-2-5-12-21/h2-7,10-14,16-17,23H,8-9,15,18-20H2,1H3,(H2,29,30,33). The summed E-state index contributed by atoms with van der Waals surface area (Å²) in [5.74, 6) is -0.404. The Kier molecular flexibility index (Phi) is 7.94. The molecule has 1 heterocycles. The molecule has 4 rings (SSSR count). The monoisotopic (exact) mass is 457 g/mol. The van der Waals surface area contributed by atoms with Gasteiger partial charge in [0.25, 0.3) is 0 Å². The first-order chi connectivity index (χ1) is 16.6. The van der Waals surface area contributed by atoms with E-state index in [-0.39, 0.29) is 6.03 Å². The van der Waals surface area contributed by atoms with Crippen molar-refractivity contribution in [3.8, 4) is 0 Å². The first kappa shape index (κ1) is 23.5. The molecule has 34 heavy (non-hydrogen) atoms. The third-order valence-corrected chi connectivity index (χ3v) is 6.29. The molecule has 6 heteroatoms. The summed E-state index contributed by atoms with van der Waals surface area (Å²) in [7, 11) is 1.38. The van der Waals surface area contributed by atoms with Crippen LogP contribution < -0.4 is 10.6 Å². The number of likely N-dealkylation sites (tertiary alicyclic amines) is 1. The molecule has 0 aromatic heterocycles. The molecule has 1 atom stereocenters. The van der Waals surface area contributed by atoms with E-state index in [0.29, 0.717) is 29.5 Å². The van der Waals surface area contributed by atoms with Crippen LogP contribution in [0.2, 0.25) is 0 Å². The predicted molar refractivity (Wildman–Crippen MR) is 135 cm³/mol. The lowest BCUT2D eigenvalue weighted by Crippen LogP contribution is -2.40. The molecule has 2 amide bonds. The highest BCUT2D eigenvalue weighted by Crippen LogP contribution is 2.28. The summed E-state index contributed by atoms with van der Waals surface area (Å²) in [6, 6.07) is 25.2. The third kappa shape index (κ3) is 6.02. The Morgan fingerprint density at radius 3 is 2.38 bits per heavy atom. The Hall–Kier alpha value is -3.64. The second-order valence-corrected chi connectivity index (χ2v) is 8.58. The van der Waals surface area contributed by atoms with Gasteiger partial charge in [0.15, 0.2) is 0 Å². The number of urea groups is 1. The van der Waals surface area contributed by atoms with Gasteiger partial charge >= 0.3 is 12.0 Å². The lowest BCUT2D eigenvalue weighted by atomic mass is 9.94. The molecule has 0 saturated carbocycles. The van der Waals surface area contributed by atoms with Crippen LogP contribution in [0.1, 0.15) is 40.7 Å². The molecule has 0 bridgehead atoms. The SMILES string of the molecule is COC(=O)c1cccc(NC(=O)Nc2ccccc2)c1CN1CCCCC1Cc1ccccc1. The molecule has 6 nitrogen and oxygen atoms in total. The number of nitrogens with one attached hydrogen (secondary N) is 2. The quantitative estimate of drug-likeness (QED) is 0.446. The van der Waals surface area contributed by atoms with Gasteiger partial charge in [0.05, 0.1) is 12.7 Å². The summed E-state index contributed by atoms with van der Waals surface area (Å²) in [6.07, 6.45) is 4.37. The fourth-order valence-electron chi connectivity index (χ4n) is 4.57. The normalized spacial score (nSPS) is 16.0. The molecule has 1 aliphatic heterocycles. The van der Waals surface area contributed by atoms with Crippen molar-refractivity contribution in [3.63, 3.8) is 0 Å². The van der Waals surface area contributed by atoms with E-state index < -0.39 is 5.97 Å². The number of methoxy groups -OCH3 is 1. The van der Waals surface area contributed by atoms with E-state index in [1.807, 2.05) is 42.5 Å². The van der Waals surface area contributed by atoms with Gasteiger partial charge in [0, 0.05) is 29.5 Å². The molecular weight excluding hydrogens is 426 g/mol. The van der Waals surface area contributed by atoms with Crippen LogP contribution in [0.15, 0.2) is 78.9 Å². The Morgan fingerprint density at radius 2 is 1.65 bits per heavy atom. The first-order valence-electron chi connectivity index (χ1n) is 11.8. The van der Waals surface area contributed by atoms with Crippen molar-refractivity contribution in [1.29, 1.82) is 0 Å². The Balaban J connectivity index is 1.58. The van der Waals surface area contributed by atoms with Gasteiger partial charge in [-0.3, -0.25) is 4.90 Å². The zero-order chi connectivity index (χ0) is 23.8. The number of carbonyl (C=O) groups is 2. The first-order valence-corrected chi connectivity index (χ1v) is 11.8. The Labute approximate surface area is 200 Å². The number of benzene rings is 3. The van der Waals surface area contributed by atoms with E-state index in [9.17, 15) is 9.59 Å². The second-order valence-electron chi connectivity index (χ2n) is 8.58. The minimum Gasteiger partial charge on any atom is -0.465 e. The van der Waals surface area contributed by atoms with Crippen molar-refractivity contribution in [2.24, 2.45) is 0 Å². The van der Waals surface area contributed by atoms with Crippen LogP contribution in [0.25, 0.3) is 0 Å². The molecule has 0 aliphatic carbocycles. The van der Waals surface area contributed by atoms with Crippen molar-refractivity contribution in [2.75, 3.05) is 24.3 Å². The fraction of sp³-hybridized carbons (Fsp3) is 0.286. The van der Waals surface area contributed by atoms with Gasteiger partial charge in [0.1, 0.15) is 0 Å². The van der Waals surface area contributed by atoms with Gasteiger partial charge < -0.3 is 15.4 Å². The van der Waals surface area contributed by atoms with Crippen molar-refractivity contribution in [3.05, 3.63) is 95.6 Å². The highest BCUT2D eigenvalue weighted by Gasteiger charge is 2.26. The van der Waals surface area contributed by atoms with Crippen molar-refractivity contribution < 1.29 is 14.3 Å². The second kappa shape index (κ2) is 11.5. The summed E-state index contributed by atoms with van der Waals surface area (Å²) >= 11 is 0. The molecule has 1 aliphatic rings. The molecule has 1 saturated heterocycles. The molecule has 0 spiro atoms. The van der Waals surface area contributed by atoms with Crippen LogP contribution in [0.4, 0.5) is 16.2 Å². The highest BCUT2D eigenvalue weighted by atomic mass is 16.5. The lowest BCUT2D eigenvalue weighted by molar-refractivity contribution is 0.0596. The van der Waals surface area contributed by atoms with Crippen molar-refractivity contribution in [2.45, 2.75) is 38.3 Å². The van der Waals surface area contributed by atoms with Crippen LogP contribution in [0.5, 0.6) is 0 Å². The van der Waals surface area contributed by atoms with Crippen LogP contribution in [-0.4, -0.2) is 36.6 Å². The number of piperidine rings is 1. The van der Waals surface area contributed by atoms with Gasteiger partial charge in [-0.2, -0.15) is 0 Å². The predicted octanol–water partition coefficient (Wildman–Crippen LogP) is 5.71. The summed E-state index contributed by atoms with van der Waals surface area (Å²) in [6.45, 7) is 1.51. The zero-order valence-electron chi connectivity index (χ0n) is 19.5. The van der Waals surface area contributed by atoms with E-state index in [4.69, 9.17) is 4.74 Å². The molecule has 3 aromatic carbocycles. The van der Waals surface area contributed by atoms with E-state index in [2.05, 4.69) is 39.8 Å². The summed E-state index contributed by atoms with van der Waals surface area (Å²) in [4.78, 5) is 27.8. The number of amides is 2. The summed E-state index contributed by atoms with van der Waals surface area (Å²) < 4.78 is 5.06. The van der Waals surface area contributed by atoms with Crippen molar-refractivity contribution in [1.82, 2.24) is 4.90 Å². The molecule has 1 fully saturated rings. The number of nitrogens with zero attached hydrogens (tertiary/aromatic N) is 1. The van der Waals surface area contributed by atoms with E-state index >= 15 is 0 Å². The molecule has 176 valence electrons. The zero-order valence-corrected chi connectivity index (χ0v) is 19.5. The maximum absolute atomic E-state index is 12.7. The van der Waals surface area contributed by atoms with Crippen LogP contribution >= 0.6 is 0 Å². The average Bonchev–Trinajstić information content (AvgIpc) is 2.87. The highest BCUT2D eigenvalue weighted by molar-refractivity contribution is 6.02. The molecule has 1 unspecified atom stereocenters. The molecule has 2 N–H and O–H groups in total. The summed E-state index contributed by atoms with van der Waals surface area (Å²) in [5.41, 5.74) is 3.87. The van der Waals surface area contributed by atoms with Gasteiger partial charge in [-0.15, -0.1) is 0 Å². The maximum Gasteiger partial charge on any atom is 0.338 e. The fourth-order valence-corrected chi connectivity index (χ4v) is 4.57. The lowest BCUT2D eigenvalue weighted by Gasteiger charge is -2.36. The minimum atomic E-state index is -0.404. The third-order valence-electron chi connectivity index (χ3n) is 6.29. The number of rotatable bonds is 7. The van der Waals surface area contributed by atoms with E-state index in [0.717, 1.165) is 31.4 Å². The molecular formula is C28H31N3O3. The molecule has 0 radical (unpaired) electrons. The number of esters is 1. The van der Waals surface area contributed by atoms with Crippen LogP contribution in [0, 0.1) is 0 Å². The molecule has 3 aromatic rings. The topological polar surface area (TPSA) is 70.7 Å². The number of para-hydroxylation sites is 1. The van der Waals surface area contributed by atoms with E-state index in [1.54, 1.807) is 12.1 Å². The minimum absolute atomic E-state index is 0.353. The Bertz CT molecular complexity index is 1100. The van der Waals surface area contributed by atoms with Gasteiger partial charge in [-0.25, -0.2) is 9.59 Å². The maximum atomic E-state index is 12.7. The smallest absolute Gasteiger partial charge is 0.338 e. The average molecular weight is 458 g/mol. The van der Waals surface area contributed by atoms with Crippen LogP contribution in [-0.2, 0) is 17.7 Å². The van der Waals surface area contributed by atoms with Crippen molar-refractivity contribution >= 4 is 23.4 Å². The number of ether oxygens (including phenoxy) is 1. The Morgan fingerprint density at radius 1 is 0.912 bits per heavy atom. The number of carbonyl (C=O) groups excluding carboxylic acids is 2. The number of hydrogen-bond donors (Lipinski definition) is 2. The van der Waals surface area contributed by atoms with Gasteiger partial charge in [0.2, 0.25) is 0 Å².